The number of fused-ring (bicyclic) bond motifs is 1. The average molecular weight is 464 g/mol. The number of methoxy groups -OCH3 is 1. The number of nitriles is 1. The Morgan fingerprint density at radius 1 is 1.38 bits per heavy atom. The fourth-order valence-electron chi connectivity index (χ4n) is 2.82. The quantitative estimate of drug-likeness (QED) is 0.412. The Morgan fingerprint density at radius 3 is 2.96 bits per heavy atom. The molecule has 0 aromatic heterocycles. The maximum Gasteiger partial charge on any atom is 0.189 e. The maximum atomic E-state index is 9.02. The fourth-order valence-corrected chi connectivity index (χ4v) is 2.82. The summed E-state index contributed by atoms with van der Waals surface area (Å²) in [4.78, 5) is 4.40. The number of nitrogens with one attached hydrogen (secondary N) is 1. The minimum absolute atomic E-state index is 0. The van der Waals surface area contributed by atoms with Crippen molar-refractivity contribution in [1.29, 1.82) is 5.26 Å². The summed E-state index contributed by atoms with van der Waals surface area (Å²) in [5.41, 5.74) is 8.56. The van der Waals surface area contributed by atoms with Crippen molar-refractivity contribution in [2.24, 2.45) is 10.7 Å². The molecule has 1 heterocycles. The fraction of sp³-hybridized carbons (Fsp3) is 0.263. The molecule has 3 N–H and O–H groups in total. The summed E-state index contributed by atoms with van der Waals surface area (Å²) in [6.45, 7) is 1.06. The van der Waals surface area contributed by atoms with E-state index in [0.717, 1.165) is 23.3 Å². The van der Waals surface area contributed by atoms with Crippen LogP contribution in [-0.4, -0.2) is 19.7 Å². The first-order valence-corrected chi connectivity index (χ1v) is 8.06. The number of guanidine groups is 1. The van der Waals surface area contributed by atoms with Gasteiger partial charge in [-0.25, -0.2) is 4.99 Å². The zero-order valence-corrected chi connectivity index (χ0v) is 16.8. The third-order valence-electron chi connectivity index (χ3n) is 4.10. The summed E-state index contributed by atoms with van der Waals surface area (Å²) >= 11 is 0. The monoisotopic (exact) mass is 464 g/mol. The lowest BCUT2D eigenvalue weighted by Gasteiger charge is -2.26. The molecule has 0 radical (unpaired) electrons. The first-order valence-electron chi connectivity index (χ1n) is 8.06. The molecule has 7 heteroatoms. The molecule has 26 heavy (non-hydrogen) atoms. The highest BCUT2D eigenvalue weighted by molar-refractivity contribution is 14.0. The van der Waals surface area contributed by atoms with Crippen molar-refractivity contribution in [3.05, 3.63) is 59.2 Å². The van der Waals surface area contributed by atoms with E-state index in [1.54, 1.807) is 19.2 Å². The molecule has 6 nitrogen and oxygen atoms in total. The van der Waals surface area contributed by atoms with Crippen LogP contribution in [0.2, 0.25) is 0 Å². The van der Waals surface area contributed by atoms with E-state index in [0.29, 0.717) is 30.4 Å². The molecule has 0 spiro atoms. The van der Waals surface area contributed by atoms with Gasteiger partial charge in [0.25, 0.3) is 0 Å². The van der Waals surface area contributed by atoms with Crippen molar-refractivity contribution in [2.45, 2.75) is 19.0 Å². The summed E-state index contributed by atoms with van der Waals surface area (Å²) in [5, 5.41) is 12.3. The van der Waals surface area contributed by atoms with Gasteiger partial charge in [-0.05, 0) is 23.8 Å². The van der Waals surface area contributed by atoms with Gasteiger partial charge in [-0.2, -0.15) is 5.26 Å². The summed E-state index contributed by atoms with van der Waals surface area (Å²) in [7, 11) is 1.54. The Balaban J connectivity index is 0.00000243. The van der Waals surface area contributed by atoms with Crippen molar-refractivity contribution in [2.75, 3.05) is 13.7 Å². The van der Waals surface area contributed by atoms with Crippen molar-refractivity contribution in [3.63, 3.8) is 0 Å². The molecule has 0 amide bonds. The molecule has 1 aliphatic rings. The molecule has 1 atom stereocenters. The standard InChI is InChI=1S/C19H20N4O2.HI/c1-24-18-10-13(6-7-14(18)11-20)12-22-19(21)23-16-8-9-25-17-5-3-2-4-15(16)17;/h2-7,10,16H,8-9,12H2,1H3,(H3,21,22,23);1H. The highest BCUT2D eigenvalue weighted by Crippen LogP contribution is 2.31. The minimum atomic E-state index is 0. The smallest absolute Gasteiger partial charge is 0.189 e. The molecular weight excluding hydrogens is 443 g/mol. The lowest BCUT2D eigenvalue weighted by Crippen LogP contribution is -2.37. The molecule has 0 bridgehead atoms. The van der Waals surface area contributed by atoms with Crippen LogP contribution >= 0.6 is 24.0 Å². The Morgan fingerprint density at radius 2 is 2.19 bits per heavy atom. The van der Waals surface area contributed by atoms with E-state index in [4.69, 9.17) is 20.5 Å². The van der Waals surface area contributed by atoms with Gasteiger partial charge in [0.05, 0.1) is 31.9 Å². The molecule has 3 rings (SSSR count). The highest BCUT2D eigenvalue weighted by Gasteiger charge is 2.21. The number of para-hydroxylation sites is 1. The number of rotatable bonds is 4. The predicted molar refractivity (Wildman–Crippen MR) is 111 cm³/mol. The molecule has 2 aromatic carbocycles. The maximum absolute atomic E-state index is 9.02. The van der Waals surface area contributed by atoms with E-state index in [1.807, 2.05) is 30.3 Å². The number of benzene rings is 2. The van der Waals surface area contributed by atoms with Crippen LogP contribution in [0.5, 0.6) is 11.5 Å². The summed E-state index contributed by atoms with van der Waals surface area (Å²) in [6, 6.07) is 15.5. The molecule has 1 unspecified atom stereocenters. The van der Waals surface area contributed by atoms with Crippen molar-refractivity contribution < 1.29 is 9.47 Å². The van der Waals surface area contributed by atoms with Crippen LogP contribution in [0.4, 0.5) is 0 Å². The van der Waals surface area contributed by atoms with Crippen LogP contribution in [0.25, 0.3) is 0 Å². The molecule has 0 fully saturated rings. The minimum Gasteiger partial charge on any atom is -0.495 e. The SMILES string of the molecule is COc1cc(CN=C(N)NC2CCOc3ccccc32)ccc1C#N.I. The highest BCUT2D eigenvalue weighted by atomic mass is 127. The van der Waals surface area contributed by atoms with Crippen molar-refractivity contribution in [3.8, 4) is 17.6 Å². The number of hydrogen-bond acceptors (Lipinski definition) is 4. The van der Waals surface area contributed by atoms with Gasteiger partial charge in [0, 0.05) is 12.0 Å². The van der Waals surface area contributed by atoms with Gasteiger partial charge in [-0.3, -0.25) is 0 Å². The molecule has 0 saturated heterocycles. The zero-order valence-electron chi connectivity index (χ0n) is 14.4. The number of nitrogens with zero attached hydrogens (tertiary/aromatic N) is 2. The van der Waals surface area contributed by atoms with Gasteiger partial charge < -0.3 is 20.5 Å². The molecule has 2 aromatic rings. The Labute approximate surface area is 170 Å². The van der Waals surface area contributed by atoms with Gasteiger partial charge >= 0.3 is 0 Å². The summed E-state index contributed by atoms with van der Waals surface area (Å²) in [6.07, 6.45) is 0.831. The number of halogens is 1. The van der Waals surface area contributed by atoms with E-state index in [2.05, 4.69) is 16.4 Å². The van der Waals surface area contributed by atoms with Crippen molar-refractivity contribution in [1.82, 2.24) is 5.32 Å². The predicted octanol–water partition coefficient (Wildman–Crippen LogP) is 3.11. The molecule has 1 aliphatic heterocycles. The molecule has 0 aliphatic carbocycles. The lowest BCUT2D eigenvalue weighted by atomic mass is 10.0. The number of aliphatic imine (C=N–C) groups is 1. The summed E-state index contributed by atoms with van der Waals surface area (Å²) < 4.78 is 10.9. The topological polar surface area (TPSA) is 92.7 Å². The van der Waals surface area contributed by atoms with Gasteiger partial charge in [0.2, 0.25) is 0 Å². The van der Waals surface area contributed by atoms with Gasteiger partial charge in [0.15, 0.2) is 5.96 Å². The number of hydrogen-bond donors (Lipinski definition) is 2. The van der Waals surface area contributed by atoms with Crippen LogP contribution in [0, 0.1) is 11.3 Å². The number of ether oxygens (including phenoxy) is 2. The zero-order chi connectivity index (χ0) is 17.6. The molecule has 136 valence electrons. The third-order valence-corrected chi connectivity index (χ3v) is 4.10. The lowest BCUT2D eigenvalue weighted by molar-refractivity contribution is 0.262. The first kappa shape index (κ1) is 19.8. The first-order chi connectivity index (χ1) is 12.2. The van der Waals surface area contributed by atoms with E-state index < -0.39 is 0 Å². The molecule has 0 saturated carbocycles. The average Bonchev–Trinajstić information content (AvgIpc) is 2.66. The van der Waals surface area contributed by atoms with Gasteiger partial charge in [-0.1, -0.05) is 24.3 Å². The van der Waals surface area contributed by atoms with E-state index in [-0.39, 0.29) is 30.0 Å². The van der Waals surface area contributed by atoms with Crippen LogP contribution < -0.4 is 20.5 Å². The van der Waals surface area contributed by atoms with Gasteiger partial charge in [0.1, 0.15) is 17.6 Å². The van der Waals surface area contributed by atoms with E-state index in [9.17, 15) is 0 Å². The second-order valence-electron chi connectivity index (χ2n) is 5.72. The second kappa shape index (κ2) is 9.29. The number of nitrogens with two attached hydrogens (primary N) is 1. The van der Waals surface area contributed by atoms with Crippen LogP contribution in [0.1, 0.15) is 29.2 Å². The van der Waals surface area contributed by atoms with E-state index in [1.165, 1.54) is 0 Å². The Bertz CT molecular complexity index is 833. The van der Waals surface area contributed by atoms with Crippen LogP contribution in [0.3, 0.4) is 0 Å². The Kier molecular flexibility index (Phi) is 7.09. The van der Waals surface area contributed by atoms with Crippen LogP contribution in [0.15, 0.2) is 47.5 Å². The van der Waals surface area contributed by atoms with Gasteiger partial charge in [-0.15, -0.1) is 24.0 Å². The molecular formula is C19H21IN4O2. The summed E-state index contributed by atoms with van der Waals surface area (Å²) in [5.74, 6) is 1.81. The third kappa shape index (κ3) is 4.58. The second-order valence-corrected chi connectivity index (χ2v) is 5.72. The largest absolute Gasteiger partial charge is 0.495 e. The van der Waals surface area contributed by atoms with Crippen LogP contribution in [-0.2, 0) is 6.54 Å². The Hall–Kier alpha value is -2.47. The van der Waals surface area contributed by atoms with E-state index >= 15 is 0 Å². The normalized spacial score (nSPS) is 15.7. The van der Waals surface area contributed by atoms with Crippen molar-refractivity contribution >= 4 is 29.9 Å².